The molecule has 1 aromatic carbocycles. The van der Waals surface area contributed by atoms with Crippen molar-refractivity contribution in [3.63, 3.8) is 0 Å². The molecular weight excluding hydrogens is 242 g/mol. The molecule has 2 unspecified atom stereocenters. The summed E-state index contributed by atoms with van der Waals surface area (Å²) in [5.74, 6) is -2.97. The summed E-state index contributed by atoms with van der Waals surface area (Å²) in [6.07, 6.45) is -0.484. The van der Waals surface area contributed by atoms with Gasteiger partial charge in [0, 0.05) is 6.42 Å². The van der Waals surface area contributed by atoms with Crippen LogP contribution in [0, 0.1) is 11.6 Å². The lowest BCUT2D eigenvalue weighted by Gasteiger charge is -2.25. The predicted octanol–water partition coefficient (Wildman–Crippen LogP) is 1.32. The first-order chi connectivity index (χ1) is 8.24. The largest absolute Gasteiger partial charge is 0.487 e. The molecule has 1 rings (SSSR count). The molecule has 0 bridgehead atoms. The lowest BCUT2D eigenvalue weighted by molar-refractivity contribution is -0.123. The van der Waals surface area contributed by atoms with E-state index in [1.807, 2.05) is 0 Å². The van der Waals surface area contributed by atoms with Crippen LogP contribution in [0.5, 0.6) is 5.75 Å². The molecule has 6 heteroatoms. The first kappa shape index (κ1) is 14.4. The van der Waals surface area contributed by atoms with Gasteiger partial charge in [0.15, 0.2) is 11.6 Å². The highest BCUT2D eigenvalue weighted by Crippen LogP contribution is 2.22. The van der Waals surface area contributed by atoms with Gasteiger partial charge in [-0.1, -0.05) is 6.07 Å². The maximum Gasteiger partial charge on any atom is 0.237 e. The molecule has 0 spiro atoms. The number of amides is 1. The first-order valence-corrected chi connectivity index (χ1v) is 5.43. The maximum atomic E-state index is 13.3. The molecular formula is C12H16F2N2O2. The molecule has 1 amide bonds. The Hall–Kier alpha value is -1.69. The Labute approximate surface area is 104 Å². The van der Waals surface area contributed by atoms with E-state index >= 15 is 0 Å². The average Bonchev–Trinajstić information content (AvgIpc) is 2.23. The fraction of sp³-hybridized carbons (Fsp3) is 0.417. The molecule has 0 aliphatic carbocycles. The maximum absolute atomic E-state index is 13.3. The highest BCUT2D eigenvalue weighted by molar-refractivity contribution is 5.83. The van der Waals surface area contributed by atoms with E-state index in [0.29, 0.717) is 0 Å². The van der Waals surface area contributed by atoms with Crippen molar-refractivity contribution in [2.45, 2.75) is 31.9 Å². The van der Waals surface area contributed by atoms with Gasteiger partial charge in [-0.3, -0.25) is 4.79 Å². The van der Waals surface area contributed by atoms with Crippen molar-refractivity contribution < 1.29 is 18.3 Å². The highest BCUT2D eigenvalue weighted by Gasteiger charge is 2.29. The lowest BCUT2D eigenvalue weighted by atomic mass is 9.95. The van der Waals surface area contributed by atoms with Crippen LogP contribution < -0.4 is 16.2 Å². The van der Waals surface area contributed by atoms with Crippen LogP contribution in [-0.4, -0.2) is 17.6 Å². The zero-order valence-electron chi connectivity index (χ0n) is 10.2. The number of halogens is 2. The molecule has 4 N–H and O–H groups in total. The molecule has 100 valence electrons. The van der Waals surface area contributed by atoms with Crippen LogP contribution in [0.1, 0.15) is 20.3 Å². The Morgan fingerprint density at radius 3 is 2.67 bits per heavy atom. The molecule has 4 nitrogen and oxygen atoms in total. The fourth-order valence-electron chi connectivity index (χ4n) is 1.53. The van der Waals surface area contributed by atoms with Crippen LogP contribution in [0.3, 0.4) is 0 Å². The van der Waals surface area contributed by atoms with Gasteiger partial charge in [-0.15, -0.1) is 0 Å². The second kappa shape index (κ2) is 5.30. The molecule has 0 saturated heterocycles. The van der Waals surface area contributed by atoms with E-state index in [1.165, 1.54) is 19.1 Å². The van der Waals surface area contributed by atoms with Gasteiger partial charge in [-0.05, 0) is 26.0 Å². The minimum absolute atomic E-state index is 0.0955. The van der Waals surface area contributed by atoms with Gasteiger partial charge in [-0.25, -0.2) is 4.39 Å². The Balaban J connectivity index is 2.74. The number of benzene rings is 1. The Bertz CT molecular complexity index is 450. The third kappa shape index (κ3) is 3.40. The van der Waals surface area contributed by atoms with Crippen molar-refractivity contribution in [3.8, 4) is 5.75 Å². The fourth-order valence-corrected chi connectivity index (χ4v) is 1.53. The van der Waals surface area contributed by atoms with Crippen molar-refractivity contribution in [1.82, 2.24) is 0 Å². The molecule has 0 fully saturated rings. The SMILES string of the molecule is CC(CC(C)(N)C(N)=O)Oc1cccc(F)c1F. The summed E-state index contributed by atoms with van der Waals surface area (Å²) in [6.45, 7) is 3.05. The van der Waals surface area contributed by atoms with E-state index in [0.717, 1.165) is 6.07 Å². The highest BCUT2D eigenvalue weighted by atomic mass is 19.2. The average molecular weight is 258 g/mol. The minimum Gasteiger partial charge on any atom is -0.487 e. The summed E-state index contributed by atoms with van der Waals surface area (Å²) >= 11 is 0. The molecule has 0 heterocycles. The van der Waals surface area contributed by atoms with Crippen LogP contribution >= 0.6 is 0 Å². The smallest absolute Gasteiger partial charge is 0.237 e. The second-order valence-electron chi connectivity index (χ2n) is 4.47. The standard InChI is InChI=1S/C12H16F2N2O2/c1-7(6-12(2,16)11(15)17)18-9-5-3-4-8(13)10(9)14/h3-5,7H,6,16H2,1-2H3,(H2,15,17). The van der Waals surface area contributed by atoms with Crippen LogP contribution in [-0.2, 0) is 4.79 Å². The van der Waals surface area contributed by atoms with Gasteiger partial charge in [0.25, 0.3) is 0 Å². The van der Waals surface area contributed by atoms with Gasteiger partial charge < -0.3 is 16.2 Å². The van der Waals surface area contributed by atoms with Gasteiger partial charge in [0.05, 0.1) is 11.6 Å². The molecule has 2 atom stereocenters. The summed E-state index contributed by atoms with van der Waals surface area (Å²) in [5.41, 5.74) is 9.51. The summed E-state index contributed by atoms with van der Waals surface area (Å²) < 4.78 is 31.5. The van der Waals surface area contributed by atoms with E-state index in [-0.39, 0.29) is 12.2 Å². The number of rotatable bonds is 5. The zero-order valence-corrected chi connectivity index (χ0v) is 10.2. The number of hydrogen-bond donors (Lipinski definition) is 2. The van der Waals surface area contributed by atoms with Crippen molar-refractivity contribution in [1.29, 1.82) is 0 Å². The molecule has 0 aromatic heterocycles. The second-order valence-corrected chi connectivity index (χ2v) is 4.47. The Kier molecular flexibility index (Phi) is 4.24. The summed E-state index contributed by atoms with van der Waals surface area (Å²) in [5, 5.41) is 0. The van der Waals surface area contributed by atoms with E-state index < -0.39 is 29.2 Å². The molecule has 1 aromatic rings. The van der Waals surface area contributed by atoms with E-state index in [9.17, 15) is 13.6 Å². The van der Waals surface area contributed by atoms with Gasteiger partial charge in [-0.2, -0.15) is 4.39 Å². The third-order valence-corrected chi connectivity index (χ3v) is 2.52. The van der Waals surface area contributed by atoms with Crippen molar-refractivity contribution >= 4 is 5.91 Å². The van der Waals surface area contributed by atoms with Crippen molar-refractivity contribution in [3.05, 3.63) is 29.8 Å². The molecule has 0 radical (unpaired) electrons. The van der Waals surface area contributed by atoms with Gasteiger partial charge in [0.2, 0.25) is 11.7 Å². The number of ether oxygens (including phenoxy) is 1. The van der Waals surface area contributed by atoms with Crippen LogP contribution in [0.2, 0.25) is 0 Å². The Morgan fingerprint density at radius 1 is 1.50 bits per heavy atom. The summed E-state index contributed by atoms with van der Waals surface area (Å²) in [4.78, 5) is 11.0. The van der Waals surface area contributed by atoms with E-state index in [2.05, 4.69) is 0 Å². The number of hydrogen-bond acceptors (Lipinski definition) is 3. The van der Waals surface area contributed by atoms with Gasteiger partial charge in [0.1, 0.15) is 0 Å². The Morgan fingerprint density at radius 2 is 2.11 bits per heavy atom. The third-order valence-electron chi connectivity index (χ3n) is 2.52. The van der Waals surface area contributed by atoms with Crippen LogP contribution in [0.15, 0.2) is 18.2 Å². The van der Waals surface area contributed by atoms with Crippen molar-refractivity contribution in [2.24, 2.45) is 11.5 Å². The first-order valence-electron chi connectivity index (χ1n) is 5.43. The monoisotopic (exact) mass is 258 g/mol. The number of nitrogens with two attached hydrogens (primary N) is 2. The molecule has 0 aliphatic rings. The topological polar surface area (TPSA) is 78.3 Å². The normalized spacial score (nSPS) is 15.8. The summed E-state index contributed by atoms with van der Waals surface area (Å²) in [7, 11) is 0. The zero-order chi connectivity index (χ0) is 13.9. The number of carbonyl (C=O) groups excluding carboxylic acids is 1. The van der Waals surface area contributed by atoms with Crippen LogP contribution in [0.4, 0.5) is 8.78 Å². The molecule has 0 saturated carbocycles. The number of primary amides is 1. The lowest BCUT2D eigenvalue weighted by Crippen LogP contribution is -2.51. The molecule has 18 heavy (non-hydrogen) atoms. The predicted molar refractivity (Wildman–Crippen MR) is 62.9 cm³/mol. The van der Waals surface area contributed by atoms with E-state index in [1.54, 1.807) is 6.92 Å². The quantitative estimate of drug-likeness (QED) is 0.836. The van der Waals surface area contributed by atoms with Crippen LogP contribution in [0.25, 0.3) is 0 Å². The van der Waals surface area contributed by atoms with Crippen molar-refractivity contribution in [2.75, 3.05) is 0 Å². The van der Waals surface area contributed by atoms with E-state index in [4.69, 9.17) is 16.2 Å². The summed E-state index contributed by atoms with van der Waals surface area (Å²) in [6, 6.07) is 3.62. The molecule has 0 aliphatic heterocycles. The van der Waals surface area contributed by atoms with Gasteiger partial charge >= 0.3 is 0 Å². The minimum atomic E-state index is -1.26. The number of carbonyl (C=O) groups is 1.